The van der Waals surface area contributed by atoms with Crippen LogP contribution in [0, 0.1) is 19.8 Å². The third-order valence-electron chi connectivity index (χ3n) is 3.67. The maximum Gasteiger partial charge on any atom is 0.329 e. The Morgan fingerprint density at radius 1 is 1.41 bits per heavy atom. The van der Waals surface area contributed by atoms with Crippen LogP contribution >= 0.6 is 11.3 Å². The van der Waals surface area contributed by atoms with E-state index >= 15 is 0 Å². The predicted octanol–water partition coefficient (Wildman–Crippen LogP) is 3.23. The highest BCUT2D eigenvalue weighted by Gasteiger charge is 2.23. The average molecular weight is 322 g/mol. The molecule has 6 heteroatoms. The fraction of sp³-hybridized carbons (Fsp3) is 0.562. The van der Waals surface area contributed by atoms with Gasteiger partial charge in [0.05, 0.1) is 18.3 Å². The van der Waals surface area contributed by atoms with Gasteiger partial charge in [0, 0.05) is 4.88 Å². The smallest absolute Gasteiger partial charge is 0.329 e. The minimum atomic E-state index is -0.622. The standard InChI is InChI=1S/C16H22N2O3S/c1-6-12(16(20)21-7-9(2)3)18-8-17-14-13(15(18)19)10(4)11(5)22-14/h8-9,12H,6-7H2,1-5H3. The molecule has 0 N–H and O–H groups in total. The molecule has 1 atom stereocenters. The number of thiophene rings is 1. The Morgan fingerprint density at radius 3 is 2.68 bits per heavy atom. The number of aryl methyl sites for hydroxylation is 2. The molecule has 0 aliphatic heterocycles. The highest BCUT2D eigenvalue weighted by Crippen LogP contribution is 2.26. The van der Waals surface area contributed by atoms with Crippen molar-refractivity contribution in [3.63, 3.8) is 0 Å². The number of carbonyl (C=O) groups is 1. The van der Waals surface area contributed by atoms with E-state index in [0.717, 1.165) is 15.3 Å². The van der Waals surface area contributed by atoms with Crippen LogP contribution in [0.2, 0.25) is 0 Å². The number of hydrogen-bond acceptors (Lipinski definition) is 5. The third-order valence-corrected chi connectivity index (χ3v) is 4.78. The van der Waals surface area contributed by atoms with Crippen molar-refractivity contribution >= 4 is 27.5 Å². The van der Waals surface area contributed by atoms with Gasteiger partial charge in [0.2, 0.25) is 0 Å². The molecule has 0 aliphatic carbocycles. The van der Waals surface area contributed by atoms with Crippen LogP contribution in [0.4, 0.5) is 0 Å². The SMILES string of the molecule is CCC(C(=O)OCC(C)C)n1cnc2sc(C)c(C)c2c1=O. The van der Waals surface area contributed by atoms with Gasteiger partial charge in [-0.3, -0.25) is 9.36 Å². The second-order valence-corrected chi connectivity index (χ2v) is 7.07. The zero-order chi connectivity index (χ0) is 16.4. The molecule has 2 heterocycles. The molecule has 1 unspecified atom stereocenters. The Kier molecular flexibility index (Phi) is 5.01. The van der Waals surface area contributed by atoms with Crippen molar-refractivity contribution in [2.45, 2.75) is 47.1 Å². The van der Waals surface area contributed by atoms with Crippen LogP contribution < -0.4 is 5.56 Å². The summed E-state index contributed by atoms with van der Waals surface area (Å²) in [6.07, 6.45) is 1.96. The predicted molar refractivity (Wildman–Crippen MR) is 88.5 cm³/mol. The first-order valence-corrected chi connectivity index (χ1v) is 8.31. The number of ether oxygens (including phenoxy) is 1. The fourth-order valence-electron chi connectivity index (χ4n) is 2.29. The van der Waals surface area contributed by atoms with E-state index in [4.69, 9.17) is 4.74 Å². The second kappa shape index (κ2) is 6.60. The van der Waals surface area contributed by atoms with Crippen molar-refractivity contribution < 1.29 is 9.53 Å². The number of esters is 1. The molecular weight excluding hydrogens is 300 g/mol. The van der Waals surface area contributed by atoms with Crippen LogP contribution in [0.15, 0.2) is 11.1 Å². The third kappa shape index (κ3) is 3.06. The van der Waals surface area contributed by atoms with Gasteiger partial charge in [-0.2, -0.15) is 0 Å². The molecule has 5 nitrogen and oxygen atoms in total. The summed E-state index contributed by atoms with van der Waals surface area (Å²) in [6, 6.07) is -0.622. The molecule has 0 bridgehead atoms. The zero-order valence-corrected chi connectivity index (χ0v) is 14.5. The van der Waals surface area contributed by atoms with Gasteiger partial charge in [-0.05, 0) is 31.7 Å². The lowest BCUT2D eigenvalue weighted by Gasteiger charge is -2.17. The lowest BCUT2D eigenvalue weighted by molar-refractivity contribution is -0.149. The van der Waals surface area contributed by atoms with E-state index in [2.05, 4.69) is 4.98 Å². The van der Waals surface area contributed by atoms with E-state index in [9.17, 15) is 9.59 Å². The van der Waals surface area contributed by atoms with Crippen molar-refractivity contribution in [3.8, 4) is 0 Å². The lowest BCUT2D eigenvalue weighted by atomic mass is 10.2. The van der Waals surface area contributed by atoms with Crippen molar-refractivity contribution in [1.29, 1.82) is 0 Å². The molecular formula is C16H22N2O3S. The second-order valence-electron chi connectivity index (χ2n) is 5.87. The molecule has 2 rings (SSSR count). The van der Waals surface area contributed by atoms with Crippen LogP contribution in [0.5, 0.6) is 0 Å². The summed E-state index contributed by atoms with van der Waals surface area (Å²) < 4.78 is 6.70. The first kappa shape index (κ1) is 16.7. The highest BCUT2D eigenvalue weighted by molar-refractivity contribution is 7.18. The van der Waals surface area contributed by atoms with E-state index in [0.29, 0.717) is 18.4 Å². The van der Waals surface area contributed by atoms with E-state index in [1.54, 1.807) is 0 Å². The normalized spacial score (nSPS) is 12.8. The van der Waals surface area contributed by atoms with Crippen LogP contribution in [-0.2, 0) is 9.53 Å². The summed E-state index contributed by atoms with van der Waals surface area (Å²) in [5.41, 5.74) is 0.775. The van der Waals surface area contributed by atoms with E-state index in [-0.39, 0.29) is 17.4 Å². The van der Waals surface area contributed by atoms with Gasteiger partial charge in [0.25, 0.3) is 5.56 Å². The van der Waals surface area contributed by atoms with Gasteiger partial charge < -0.3 is 4.74 Å². The molecule has 0 saturated carbocycles. The first-order valence-electron chi connectivity index (χ1n) is 7.50. The Hall–Kier alpha value is -1.69. The molecule has 22 heavy (non-hydrogen) atoms. The fourth-order valence-corrected chi connectivity index (χ4v) is 3.28. The monoisotopic (exact) mass is 322 g/mol. The zero-order valence-electron chi connectivity index (χ0n) is 13.7. The summed E-state index contributed by atoms with van der Waals surface area (Å²) in [5, 5.41) is 0.611. The first-order chi connectivity index (χ1) is 10.4. The molecule has 0 aliphatic rings. The summed E-state index contributed by atoms with van der Waals surface area (Å²) >= 11 is 1.50. The average Bonchev–Trinajstić information content (AvgIpc) is 2.75. The maximum atomic E-state index is 12.7. The maximum absolute atomic E-state index is 12.7. The quantitative estimate of drug-likeness (QED) is 0.793. The minimum Gasteiger partial charge on any atom is -0.464 e. The highest BCUT2D eigenvalue weighted by atomic mass is 32.1. The molecule has 0 aromatic carbocycles. The molecule has 0 spiro atoms. The van der Waals surface area contributed by atoms with E-state index in [1.165, 1.54) is 22.2 Å². The molecule has 2 aromatic heterocycles. The van der Waals surface area contributed by atoms with Crippen molar-refractivity contribution in [3.05, 3.63) is 27.1 Å². The van der Waals surface area contributed by atoms with Crippen molar-refractivity contribution in [2.24, 2.45) is 5.92 Å². The van der Waals surface area contributed by atoms with Crippen molar-refractivity contribution in [2.75, 3.05) is 6.61 Å². The summed E-state index contributed by atoms with van der Waals surface area (Å²) in [5.74, 6) is -0.107. The van der Waals surface area contributed by atoms with Gasteiger partial charge in [-0.15, -0.1) is 11.3 Å². The summed E-state index contributed by atoms with van der Waals surface area (Å²) in [6.45, 7) is 10.1. The molecule has 0 amide bonds. The largest absolute Gasteiger partial charge is 0.464 e. The number of aromatic nitrogens is 2. The van der Waals surface area contributed by atoms with Gasteiger partial charge in [-0.25, -0.2) is 9.78 Å². The van der Waals surface area contributed by atoms with Crippen LogP contribution in [0.3, 0.4) is 0 Å². The lowest BCUT2D eigenvalue weighted by Crippen LogP contribution is -2.31. The van der Waals surface area contributed by atoms with E-state index < -0.39 is 6.04 Å². The van der Waals surface area contributed by atoms with E-state index in [1.807, 2.05) is 34.6 Å². The summed E-state index contributed by atoms with van der Waals surface area (Å²) in [7, 11) is 0. The Labute approximate surface area is 133 Å². The van der Waals surface area contributed by atoms with Crippen LogP contribution in [0.1, 0.15) is 43.7 Å². The Bertz CT molecular complexity index is 746. The number of hydrogen-bond donors (Lipinski definition) is 0. The number of carbonyl (C=O) groups excluding carboxylic acids is 1. The molecule has 2 aromatic rings. The van der Waals surface area contributed by atoms with Gasteiger partial charge in [0.15, 0.2) is 0 Å². The van der Waals surface area contributed by atoms with Crippen LogP contribution in [-0.4, -0.2) is 22.1 Å². The molecule has 0 saturated heterocycles. The van der Waals surface area contributed by atoms with Crippen LogP contribution in [0.25, 0.3) is 10.2 Å². The number of rotatable bonds is 5. The molecule has 0 radical (unpaired) electrons. The topological polar surface area (TPSA) is 61.2 Å². The van der Waals surface area contributed by atoms with Gasteiger partial charge in [-0.1, -0.05) is 20.8 Å². The molecule has 120 valence electrons. The van der Waals surface area contributed by atoms with Gasteiger partial charge in [0.1, 0.15) is 10.9 Å². The Balaban J connectivity index is 2.43. The molecule has 0 fully saturated rings. The van der Waals surface area contributed by atoms with Crippen molar-refractivity contribution in [1.82, 2.24) is 9.55 Å². The number of fused-ring (bicyclic) bond motifs is 1. The summed E-state index contributed by atoms with van der Waals surface area (Å²) in [4.78, 5) is 31.1. The Morgan fingerprint density at radius 2 is 2.09 bits per heavy atom. The number of nitrogens with zero attached hydrogens (tertiary/aromatic N) is 2. The van der Waals surface area contributed by atoms with Gasteiger partial charge >= 0.3 is 5.97 Å². The minimum absolute atomic E-state index is 0.166.